The Morgan fingerprint density at radius 2 is 0.800 bits per heavy atom. The van der Waals surface area contributed by atoms with Crippen LogP contribution in [0.3, 0.4) is 0 Å². The summed E-state index contributed by atoms with van der Waals surface area (Å²) in [4.78, 5) is 23.3. The number of unbranched alkanes of at least 4 members (excludes halogenated alkanes) is 14. The largest absolute Gasteiger partial charge is 0.472 e. The van der Waals surface area contributed by atoms with Crippen LogP contribution < -0.4 is 0 Å². The van der Waals surface area contributed by atoms with Crippen molar-refractivity contribution < 1.29 is 58.3 Å². The van der Waals surface area contributed by atoms with E-state index in [0.717, 1.165) is 128 Å². The van der Waals surface area contributed by atoms with Gasteiger partial charge in [0.1, 0.15) is 42.7 Å². The van der Waals surface area contributed by atoms with Gasteiger partial charge in [0.15, 0.2) is 0 Å². The first-order valence-electron chi connectivity index (χ1n) is 26.7. The molecule has 0 aromatic carbocycles. The van der Waals surface area contributed by atoms with Crippen LogP contribution in [0.15, 0.2) is 109 Å². The molecular formula is C57H95O12P. The van der Waals surface area contributed by atoms with Crippen molar-refractivity contribution in [1.29, 1.82) is 0 Å². The second-order valence-corrected chi connectivity index (χ2v) is 19.4. The number of phosphoric acid groups is 1. The first-order chi connectivity index (χ1) is 34.0. The van der Waals surface area contributed by atoms with E-state index >= 15 is 0 Å². The summed E-state index contributed by atoms with van der Waals surface area (Å²) in [5.41, 5.74) is 0. The molecule has 0 aromatic heterocycles. The monoisotopic (exact) mass is 1000 g/mol. The molecule has 1 fully saturated rings. The van der Waals surface area contributed by atoms with E-state index in [4.69, 9.17) is 18.5 Å². The summed E-state index contributed by atoms with van der Waals surface area (Å²) in [7, 11) is -5.04. The predicted octanol–water partition coefficient (Wildman–Crippen LogP) is 12.4. The first kappa shape index (κ1) is 65.0. The minimum atomic E-state index is -5.04. The van der Waals surface area contributed by atoms with Gasteiger partial charge in [-0.1, -0.05) is 187 Å². The molecule has 13 heteroatoms. The number of allylic oxidation sites excluding steroid dienone is 18. The molecule has 0 aliphatic heterocycles. The molecule has 1 aliphatic rings. The zero-order valence-electron chi connectivity index (χ0n) is 43.0. The Balaban J connectivity index is 2.35. The Kier molecular flexibility index (Phi) is 42.6. The lowest BCUT2D eigenvalue weighted by Crippen LogP contribution is -2.64. The molecule has 1 aliphatic carbocycles. The van der Waals surface area contributed by atoms with Crippen LogP contribution in [0, 0.1) is 0 Å². The van der Waals surface area contributed by atoms with E-state index in [9.17, 15) is 39.8 Å². The van der Waals surface area contributed by atoms with Crippen LogP contribution in [0.5, 0.6) is 0 Å². The second-order valence-electron chi connectivity index (χ2n) is 18.0. The van der Waals surface area contributed by atoms with Crippen LogP contribution in [-0.2, 0) is 27.9 Å². The minimum Gasteiger partial charge on any atom is -0.457 e. The third-order valence-corrected chi connectivity index (χ3v) is 12.6. The van der Waals surface area contributed by atoms with Gasteiger partial charge in [0.05, 0.1) is 13.2 Å². The van der Waals surface area contributed by atoms with Crippen LogP contribution >= 0.6 is 7.82 Å². The van der Waals surface area contributed by atoms with Crippen molar-refractivity contribution in [3.05, 3.63) is 109 Å². The van der Waals surface area contributed by atoms with Crippen LogP contribution in [0.2, 0.25) is 0 Å². The summed E-state index contributed by atoms with van der Waals surface area (Å²) in [5.74, 6) is -0.499. The molecule has 6 unspecified atom stereocenters. The van der Waals surface area contributed by atoms with E-state index in [1.165, 1.54) is 25.7 Å². The van der Waals surface area contributed by atoms with Gasteiger partial charge in [0.25, 0.3) is 0 Å². The standard InChI is InChI=1S/C57H95O12P/c1-3-5-7-9-11-13-15-17-19-21-23-24-25-26-27-29-31-33-35-37-39-41-43-45-47-66-48-50(49-67-70(64,65)69-57-55(62)53(60)52(59)54(61)56(57)63)68-51(58)46-44-42-40-38-36-34-32-30-28-22-20-18-16-14-12-10-8-6-4-2/h5-8,11-14,17-20,23-24,26-28,30,50,52-57,59-63H,3-4,9-10,15-16,21-22,25,29,31-49H2,1-2H3,(H,64,65)/b7-5-,8-6-,13-11-,14-12-,19-17-,20-18-,24-23-,27-26-,30-28-. The summed E-state index contributed by atoms with van der Waals surface area (Å²) in [5, 5.41) is 50.4. The van der Waals surface area contributed by atoms with Crippen LogP contribution in [0.4, 0.5) is 0 Å². The maximum absolute atomic E-state index is 12.9. The number of ether oxygens (including phenoxy) is 2. The Morgan fingerprint density at radius 1 is 0.457 bits per heavy atom. The molecule has 6 atom stereocenters. The van der Waals surface area contributed by atoms with Gasteiger partial charge in [-0.15, -0.1) is 0 Å². The van der Waals surface area contributed by atoms with Gasteiger partial charge >= 0.3 is 13.8 Å². The molecule has 70 heavy (non-hydrogen) atoms. The summed E-state index contributed by atoms with van der Waals surface area (Å²) in [6.07, 6.45) is 52.9. The molecule has 6 N–H and O–H groups in total. The van der Waals surface area contributed by atoms with Gasteiger partial charge in [-0.25, -0.2) is 4.57 Å². The highest BCUT2D eigenvalue weighted by molar-refractivity contribution is 7.47. The smallest absolute Gasteiger partial charge is 0.457 e. The third-order valence-electron chi connectivity index (χ3n) is 11.6. The second kappa shape index (κ2) is 45.8. The van der Waals surface area contributed by atoms with Gasteiger partial charge in [-0.3, -0.25) is 13.8 Å². The minimum absolute atomic E-state index is 0.0960. The molecule has 0 aromatic rings. The summed E-state index contributed by atoms with van der Waals surface area (Å²) < 4.78 is 34.3. The molecule has 0 bridgehead atoms. The van der Waals surface area contributed by atoms with Gasteiger partial charge in [0.2, 0.25) is 0 Å². The Bertz CT molecular complexity index is 1570. The topological polar surface area (TPSA) is 192 Å². The summed E-state index contributed by atoms with van der Waals surface area (Å²) in [6.45, 7) is 4.00. The van der Waals surface area contributed by atoms with Gasteiger partial charge in [0, 0.05) is 13.0 Å². The fourth-order valence-corrected chi connectivity index (χ4v) is 8.46. The molecule has 12 nitrogen and oxygen atoms in total. The van der Waals surface area contributed by atoms with E-state index in [0.29, 0.717) is 13.0 Å². The number of esters is 1. The van der Waals surface area contributed by atoms with Crippen molar-refractivity contribution in [2.75, 3.05) is 19.8 Å². The third kappa shape index (κ3) is 36.8. The van der Waals surface area contributed by atoms with Crippen molar-refractivity contribution in [3.63, 3.8) is 0 Å². The number of aliphatic hydroxyl groups excluding tert-OH is 5. The highest BCUT2D eigenvalue weighted by Gasteiger charge is 2.51. The van der Waals surface area contributed by atoms with Crippen molar-refractivity contribution in [1.82, 2.24) is 0 Å². The fraction of sp³-hybridized carbons (Fsp3) is 0.667. The Labute approximate surface area is 423 Å². The quantitative estimate of drug-likeness (QED) is 0.0147. The molecular weight excluding hydrogens is 908 g/mol. The van der Waals surface area contributed by atoms with E-state index < -0.39 is 63.1 Å². The lowest BCUT2D eigenvalue weighted by molar-refractivity contribution is -0.220. The van der Waals surface area contributed by atoms with Gasteiger partial charge in [-0.05, 0) is 96.3 Å². The first-order valence-corrected chi connectivity index (χ1v) is 28.2. The van der Waals surface area contributed by atoms with Crippen molar-refractivity contribution in [2.24, 2.45) is 0 Å². The van der Waals surface area contributed by atoms with Crippen LogP contribution in [0.1, 0.15) is 181 Å². The number of hydrogen-bond acceptors (Lipinski definition) is 11. The summed E-state index contributed by atoms with van der Waals surface area (Å²) in [6, 6.07) is 0. The molecule has 0 saturated heterocycles. The predicted molar refractivity (Wildman–Crippen MR) is 285 cm³/mol. The Hall–Kier alpha value is -3.00. The van der Waals surface area contributed by atoms with E-state index in [1.54, 1.807) is 0 Å². The number of phosphoric ester groups is 1. The lowest BCUT2D eigenvalue weighted by Gasteiger charge is -2.41. The maximum atomic E-state index is 12.9. The molecule has 0 heterocycles. The van der Waals surface area contributed by atoms with Crippen molar-refractivity contribution >= 4 is 13.8 Å². The number of rotatable bonds is 44. The zero-order valence-corrected chi connectivity index (χ0v) is 43.9. The van der Waals surface area contributed by atoms with Crippen LogP contribution in [0.25, 0.3) is 0 Å². The van der Waals surface area contributed by atoms with E-state index in [1.807, 2.05) is 0 Å². The Morgan fingerprint density at radius 3 is 1.21 bits per heavy atom. The molecule has 0 spiro atoms. The molecule has 1 rings (SSSR count). The van der Waals surface area contributed by atoms with Gasteiger partial charge < -0.3 is 39.9 Å². The lowest BCUT2D eigenvalue weighted by atomic mass is 9.85. The maximum Gasteiger partial charge on any atom is 0.472 e. The van der Waals surface area contributed by atoms with Crippen molar-refractivity contribution in [2.45, 2.75) is 224 Å². The van der Waals surface area contributed by atoms with Crippen LogP contribution in [-0.4, -0.2) is 98.9 Å². The number of aliphatic hydroxyl groups is 5. The number of carbonyl (C=O) groups excluding carboxylic acids is 1. The van der Waals surface area contributed by atoms with E-state index in [-0.39, 0.29) is 13.0 Å². The molecule has 400 valence electrons. The average Bonchev–Trinajstić information content (AvgIpc) is 3.35. The average molecular weight is 1000 g/mol. The molecule has 0 radical (unpaired) electrons. The molecule has 1 saturated carbocycles. The SMILES string of the molecule is CC/C=C\C/C=C\C/C=C\C/C=C\C/C=C\CCCCCCCCCCOCC(COP(=O)(O)OC1C(O)C(O)C(O)C(O)C1O)OC(=O)CCCCCCCC/C=C\C/C=C\C/C=C\C/C=C\CC. The van der Waals surface area contributed by atoms with Crippen molar-refractivity contribution in [3.8, 4) is 0 Å². The zero-order chi connectivity index (χ0) is 51.2. The van der Waals surface area contributed by atoms with E-state index in [2.05, 4.69) is 123 Å². The fourth-order valence-electron chi connectivity index (χ4n) is 7.49. The van der Waals surface area contributed by atoms with Gasteiger partial charge in [-0.2, -0.15) is 0 Å². The number of hydrogen-bond donors (Lipinski definition) is 6. The highest BCUT2D eigenvalue weighted by atomic mass is 31.2. The summed E-state index contributed by atoms with van der Waals surface area (Å²) >= 11 is 0. The molecule has 0 amide bonds. The highest BCUT2D eigenvalue weighted by Crippen LogP contribution is 2.47. The number of carbonyl (C=O) groups is 1. The normalized spacial score (nSPS) is 21.8.